The Hall–Kier alpha value is -2.87. The summed E-state index contributed by atoms with van der Waals surface area (Å²) in [5, 5.41) is 19.6. The lowest BCUT2D eigenvalue weighted by Gasteiger charge is -2.44. The van der Waals surface area contributed by atoms with Crippen molar-refractivity contribution in [3.05, 3.63) is 47.7 Å². The van der Waals surface area contributed by atoms with Gasteiger partial charge in [0.05, 0.1) is 24.1 Å². The maximum Gasteiger partial charge on any atom is 0.410 e. The Labute approximate surface area is 169 Å². The summed E-state index contributed by atoms with van der Waals surface area (Å²) in [6.07, 6.45) is 2.92. The van der Waals surface area contributed by atoms with Crippen LogP contribution in [0.25, 0.3) is 0 Å². The van der Waals surface area contributed by atoms with E-state index in [4.69, 9.17) is 4.74 Å². The normalized spacial score (nSPS) is 27.7. The molecule has 2 saturated heterocycles. The van der Waals surface area contributed by atoms with Crippen LogP contribution in [0.5, 0.6) is 0 Å². The quantitative estimate of drug-likeness (QED) is 0.519. The molecule has 0 radical (unpaired) electrons. The van der Waals surface area contributed by atoms with Gasteiger partial charge in [0.25, 0.3) is 0 Å². The number of carboxylic acid groups (broad SMARTS) is 1. The van der Waals surface area contributed by atoms with E-state index in [1.165, 1.54) is 17.9 Å². The molecule has 0 aliphatic carbocycles. The molecule has 3 aliphatic rings. The highest BCUT2D eigenvalue weighted by atomic mass is 16.6. The number of ether oxygens (including phenoxy) is 1. The first kappa shape index (κ1) is 20.9. The van der Waals surface area contributed by atoms with Gasteiger partial charge in [0, 0.05) is 6.54 Å². The van der Waals surface area contributed by atoms with Crippen LogP contribution in [0.3, 0.4) is 0 Å². The Morgan fingerprint density at radius 2 is 2.07 bits per heavy atom. The van der Waals surface area contributed by atoms with E-state index in [1.807, 2.05) is 6.08 Å². The molecule has 3 heterocycles. The lowest BCUT2D eigenvalue weighted by Crippen LogP contribution is -2.61. The second-order valence-corrected chi connectivity index (χ2v) is 7.74. The Balaban J connectivity index is 1.87. The topological polar surface area (TPSA) is 107 Å². The highest BCUT2D eigenvalue weighted by Crippen LogP contribution is 2.45. The third kappa shape index (κ3) is 3.60. The number of likely N-dealkylation sites (tertiary alicyclic amines) is 1. The van der Waals surface area contributed by atoms with Crippen molar-refractivity contribution in [2.45, 2.75) is 44.9 Å². The minimum atomic E-state index is -1.18. The molecule has 0 bridgehead atoms. The van der Waals surface area contributed by atoms with Crippen LogP contribution in [0.4, 0.5) is 4.79 Å². The molecule has 0 aromatic rings. The van der Waals surface area contributed by atoms with Crippen molar-refractivity contribution in [1.82, 2.24) is 9.80 Å². The van der Waals surface area contributed by atoms with E-state index in [2.05, 4.69) is 13.2 Å². The number of rotatable bonds is 6. The van der Waals surface area contributed by atoms with Crippen molar-refractivity contribution in [2.75, 3.05) is 13.2 Å². The van der Waals surface area contributed by atoms with Crippen LogP contribution < -0.4 is 0 Å². The number of carbonyl (C=O) groups is 3. The second-order valence-electron chi connectivity index (χ2n) is 7.74. The Bertz CT molecular complexity index is 840. The van der Waals surface area contributed by atoms with Gasteiger partial charge in [-0.3, -0.25) is 9.69 Å². The Morgan fingerprint density at radius 3 is 2.66 bits per heavy atom. The van der Waals surface area contributed by atoms with Crippen LogP contribution in [0.1, 0.15) is 26.7 Å². The number of aliphatic hydroxyl groups is 1. The fraction of sp³-hybridized carbons (Fsp3) is 0.476. The van der Waals surface area contributed by atoms with Crippen LogP contribution in [0.15, 0.2) is 47.7 Å². The van der Waals surface area contributed by atoms with Gasteiger partial charge in [0.2, 0.25) is 5.91 Å². The molecule has 2 N–H and O–H groups in total. The molecule has 2 amide bonds. The minimum Gasteiger partial charge on any atom is -0.477 e. The number of hydrogen-bond acceptors (Lipinski definition) is 5. The van der Waals surface area contributed by atoms with Crippen molar-refractivity contribution >= 4 is 18.0 Å². The first-order chi connectivity index (χ1) is 13.7. The fourth-order valence-corrected chi connectivity index (χ4v) is 4.40. The summed E-state index contributed by atoms with van der Waals surface area (Å²) in [6, 6.07) is -0.655. The van der Waals surface area contributed by atoms with Gasteiger partial charge in [0.15, 0.2) is 0 Å². The number of allylic oxidation sites excluding steroid dienone is 1. The van der Waals surface area contributed by atoms with E-state index in [9.17, 15) is 24.6 Å². The van der Waals surface area contributed by atoms with Crippen molar-refractivity contribution < 1.29 is 29.3 Å². The standard InChI is InChI=1S/C21H26N2O6/c1-5-6-29-21(28)22-10-11(2)7-14(22)8-12(3)15-9-16-17(13(4)24)19(25)23(16)18(15)20(26)27/h5,8,13-14,16-17,24H,1-2,6-7,9-10H2,3-4H3,(H,26,27)/t13-,14+,16-,17-/m1/s1. The zero-order valence-electron chi connectivity index (χ0n) is 16.6. The third-order valence-electron chi connectivity index (χ3n) is 5.70. The summed E-state index contributed by atoms with van der Waals surface area (Å²) in [5.74, 6) is -2.13. The largest absolute Gasteiger partial charge is 0.477 e. The lowest BCUT2D eigenvalue weighted by atomic mass is 9.82. The van der Waals surface area contributed by atoms with Crippen molar-refractivity contribution in [3.63, 3.8) is 0 Å². The summed E-state index contributed by atoms with van der Waals surface area (Å²) >= 11 is 0. The SMILES string of the molecule is C=CCOC(=O)N1CC(=C)C[C@H]1C=C(C)C1=C(C(=O)O)N2C(=O)[C@H]([C@@H](C)O)[C@H]2C1. The summed E-state index contributed by atoms with van der Waals surface area (Å²) in [5.41, 5.74) is 2.08. The molecule has 2 fully saturated rings. The second kappa shape index (κ2) is 7.87. The average Bonchev–Trinajstić information content (AvgIpc) is 3.17. The van der Waals surface area contributed by atoms with E-state index in [1.54, 1.807) is 11.8 Å². The number of aliphatic carboxylic acids is 1. The number of aliphatic hydroxyl groups excluding tert-OH is 1. The van der Waals surface area contributed by atoms with Crippen molar-refractivity contribution in [1.29, 1.82) is 0 Å². The fourth-order valence-electron chi connectivity index (χ4n) is 4.40. The van der Waals surface area contributed by atoms with Crippen LogP contribution >= 0.6 is 0 Å². The van der Waals surface area contributed by atoms with E-state index in [0.29, 0.717) is 30.5 Å². The summed E-state index contributed by atoms with van der Waals surface area (Å²) < 4.78 is 5.13. The van der Waals surface area contributed by atoms with Crippen LogP contribution in [0, 0.1) is 5.92 Å². The van der Waals surface area contributed by atoms with Crippen LogP contribution in [-0.2, 0) is 14.3 Å². The van der Waals surface area contributed by atoms with Gasteiger partial charge in [0.1, 0.15) is 12.3 Å². The van der Waals surface area contributed by atoms with Gasteiger partial charge in [-0.15, -0.1) is 0 Å². The predicted molar refractivity (Wildman–Crippen MR) is 105 cm³/mol. The van der Waals surface area contributed by atoms with Crippen molar-refractivity contribution in [3.8, 4) is 0 Å². The molecule has 0 unspecified atom stereocenters. The Kier molecular flexibility index (Phi) is 5.66. The third-order valence-corrected chi connectivity index (χ3v) is 5.70. The number of carboxylic acids is 1. The van der Waals surface area contributed by atoms with Gasteiger partial charge in [-0.05, 0) is 37.8 Å². The predicted octanol–water partition coefficient (Wildman–Crippen LogP) is 1.84. The molecule has 0 spiro atoms. The highest BCUT2D eigenvalue weighted by molar-refractivity contribution is 6.00. The first-order valence-electron chi connectivity index (χ1n) is 9.54. The van der Waals surface area contributed by atoms with Crippen LogP contribution in [-0.4, -0.2) is 69.3 Å². The average molecular weight is 402 g/mol. The number of fused-ring (bicyclic) bond motifs is 1. The van der Waals surface area contributed by atoms with Gasteiger partial charge in [-0.2, -0.15) is 0 Å². The highest BCUT2D eigenvalue weighted by Gasteiger charge is 2.56. The Morgan fingerprint density at radius 1 is 1.38 bits per heavy atom. The molecule has 8 heteroatoms. The van der Waals surface area contributed by atoms with E-state index in [-0.39, 0.29) is 30.3 Å². The lowest BCUT2D eigenvalue weighted by molar-refractivity contribution is -0.161. The number of amides is 2. The van der Waals surface area contributed by atoms with E-state index < -0.39 is 24.1 Å². The molecule has 3 aliphatic heterocycles. The van der Waals surface area contributed by atoms with Gasteiger partial charge in [-0.25, -0.2) is 9.59 Å². The molecule has 29 heavy (non-hydrogen) atoms. The zero-order valence-corrected chi connectivity index (χ0v) is 16.6. The molecule has 8 nitrogen and oxygen atoms in total. The van der Waals surface area contributed by atoms with E-state index in [0.717, 1.165) is 5.57 Å². The van der Waals surface area contributed by atoms with Crippen molar-refractivity contribution in [2.24, 2.45) is 5.92 Å². The maximum atomic E-state index is 12.4. The summed E-state index contributed by atoms with van der Waals surface area (Å²) in [4.78, 5) is 39.3. The molecule has 0 aromatic heterocycles. The maximum absolute atomic E-state index is 12.4. The molecule has 156 valence electrons. The molecular weight excluding hydrogens is 376 g/mol. The van der Waals surface area contributed by atoms with E-state index >= 15 is 0 Å². The van der Waals surface area contributed by atoms with Gasteiger partial charge < -0.3 is 19.8 Å². The molecule has 3 rings (SSSR count). The molecule has 0 saturated carbocycles. The zero-order chi connectivity index (χ0) is 21.5. The minimum absolute atomic E-state index is 0.0387. The van der Waals surface area contributed by atoms with Gasteiger partial charge in [-0.1, -0.05) is 30.9 Å². The molecule has 4 atom stereocenters. The molecule has 0 aromatic carbocycles. The first-order valence-corrected chi connectivity index (χ1v) is 9.54. The van der Waals surface area contributed by atoms with Gasteiger partial charge >= 0.3 is 12.1 Å². The van der Waals surface area contributed by atoms with Crippen LogP contribution in [0.2, 0.25) is 0 Å². The summed E-state index contributed by atoms with van der Waals surface area (Å²) in [6.45, 7) is 11.3. The molecular formula is C21H26N2O6. The monoisotopic (exact) mass is 402 g/mol. The summed E-state index contributed by atoms with van der Waals surface area (Å²) in [7, 11) is 0. The number of nitrogens with zero attached hydrogens (tertiary/aromatic N) is 2. The number of carbonyl (C=O) groups excluding carboxylic acids is 2. The smallest absolute Gasteiger partial charge is 0.410 e. The number of β-lactam (4-membered cyclic amide) rings is 1. The number of hydrogen-bond donors (Lipinski definition) is 2.